The van der Waals surface area contributed by atoms with Crippen LogP contribution in [0, 0.1) is 32.0 Å². The van der Waals surface area contributed by atoms with E-state index in [4.69, 9.17) is 9.37 Å². The van der Waals surface area contributed by atoms with E-state index in [0.29, 0.717) is 12.1 Å². The van der Waals surface area contributed by atoms with E-state index >= 15 is 0 Å². The van der Waals surface area contributed by atoms with Gasteiger partial charge in [-0.15, -0.1) is 0 Å². The molecule has 0 aliphatic carbocycles. The van der Waals surface area contributed by atoms with Crippen LogP contribution in [-0.4, -0.2) is 29.4 Å². The molecular weight excluding hydrogens is 384 g/mol. The lowest BCUT2D eigenvalue weighted by Crippen LogP contribution is -2.36. The van der Waals surface area contributed by atoms with Crippen LogP contribution >= 0.6 is 0 Å². The third-order valence-electron chi connectivity index (χ3n) is 4.25. The molecule has 2 amide bonds. The molecule has 2 rings (SSSR count). The van der Waals surface area contributed by atoms with Crippen LogP contribution in [0.15, 0.2) is 35.4 Å². The molecule has 0 aliphatic heterocycles. The number of benzene rings is 2. The fourth-order valence-electron chi connectivity index (χ4n) is 2.80. The molecule has 0 aliphatic rings. The summed E-state index contributed by atoms with van der Waals surface area (Å²) in [5, 5.41) is 24.7. The third kappa shape index (κ3) is 5.82. The minimum absolute atomic E-state index is 0.0724. The number of nitrogens with one attached hydrogen (secondary N) is 2. The zero-order chi connectivity index (χ0) is 24.8. The predicted molar refractivity (Wildman–Crippen MR) is 113 cm³/mol. The summed E-state index contributed by atoms with van der Waals surface area (Å²) >= 11 is 0. The summed E-state index contributed by atoms with van der Waals surface area (Å²) in [5.74, 6) is -1.27. The van der Waals surface area contributed by atoms with Gasteiger partial charge in [-0.2, -0.15) is 10.4 Å². The van der Waals surface area contributed by atoms with Gasteiger partial charge in [-0.25, -0.2) is 4.79 Å². The average Bonchev–Trinajstić information content (AvgIpc) is 2.71. The Morgan fingerprint density at radius 1 is 1.23 bits per heavy atom. The number of anilines is 1. The number of phenols is 1. The van der Waals surface area contributed by atoms with Crippen molar-refractivity contribution >= 4 is 23.4 Å². The normalized spacial score (nSPS) is 12.7. The quantitative estimate of drug-likeness (QED) is 0.494. The Balaban J connectivity index is 2.22. The molecule has 0 saturated carbocycles. The number of amides is 2. The van der Waals surface area contributed by atoms with Gasteiger partial charge >= 0.3 is 6.09 Å². The van der Waals surface area contributed by atoms with Crippen molar-refractivity contribution < 1.29 is 23.5 Å². The number of nitriles is 1. The van der Waals surface area contributed by atoms with Crippen LogP contribution in [0.4, 0.5) is 10.5 Å². The lowest BCUT2D eigenvalue weighted by Gasteiger charge is -2.13. The number of rotatable bonds is 6. The van der Waals surface area contributed by atoms with Gasteiger partial charge < -0.3 is 9.84 Å². The summed E-state index contributed by atoms with van der Waals surface area (Å²) in [7, 11) is 0. The molecule has 156 valence electrons. The van der Waals surface area contributed by atoms with E-state index in [2.05, 4.69) is 15.3 Å². The van der Waals surface area contributed by atoms with E-state index in [9.17, 15) is 14.7 Å². The number of phenolic OH excluding ortho intramolecular Hbond substituents is 1. The molecule has 0 radical (unpaired) electrons. The number of imide groups is 1. The van der Waals surface area contributed by atoms with Gasteiger partial charge in [0.1, 0.15) is 11.8 Å². The van der Waals surface area contributed by atoms with Crippen molar-refractivity contribution in [2.45, 2.75) is 34.0 Å². The fourth-order valence-corrected chi connectivity index (χ4v) is 2.80. The second-order valence-corrected chi connectivity index (χ2v) is 6.48. The van der Waals surface area contributed by atoms with Crippen LogP contribution < -0.4 is 10.7 Å². The smallest absolute Gasteiger partial charge is 0.414 e. The molecule has 8 nitrogen and oxygen atoms in total. The first kappa shape index (κ1) is 18.2. The van der Waals surface area contributed by atoms with Gasteiger partial charge in [0.2, 0.25) is 5.71 Å². The van der Waals surface area contributed by atoms with Crippen molar-refractivity contribution in [2.24, 2.45) is 5.10 Å². The van der Waals surface area contributed by atoms with Crippen LogP contribution in [-0.2, 0) is 16.0 Å². The molecule has 3 N–H and O–H groups in total. The predicted octanol–water partition coefficient (Wildman–Crippen LogP) is 3.47. The highest BCUT2D eigenvalue weighted by Crippen LogP contribution is 2.25. The van der Waals surface area contributed by atoms with Gasteiger partial charge in [0.25, 0.3) is 5.91 Å². The van der Waals surface area contributed by atoms with E-state index < -0.39 is 24.6 Å². The molecule has 0 heterocycles. The number of carbonyl (C=O) groups is 2. The maximum atomic E-state index is 11.9. The maximum Gasteiger partial charge on any atom is 0.414 e. The number of nitrogens with zero attached hydrogens (tertiary/aromatic N) is 2. The molecule has 0 fully saturated rings. The Morgan fingerprint density at radius 2 is 1.93 bits per heavy atom. The molecule has 2 aromatic carbocycles. The zero-order valence-corrected chi connectivity index (χ0v) is 16.9. The Morgan fingerprint density at radius 3 is 2.53 bits per heavy atom. The number of ether oxygens (including phenoxy) is 1. The van der Waals surface area contributed by atoms with Gasteiger partial charge in [-0.1, -0.05) is 12.1 Å². The maximum absolute atomic E-state index is 11.9. The van der Waals surface area contributed by atoms with E-state index in [1.807, 2.05) is 19.2 Å². The highest BCUT2D eigenvalue weighted by molar-refractivity contribution is 6.46. The Hall–Kier alpha value is -3.86. The molecule has 0 bridgehead atoms. The van der Waals surface area contributed by atoms with Crippen LogP contribution in [0.3, 0.4) is 0 Å². The summed E-state index contributed by atoms with van der Waals surface area (Å²) < 4.78 is 27.3. The van der Waals surface area contributed by atoms with Crippen molar-refractivity contribution in [3.05, 3.63) is 58.1 Å². The largest absolute Gasteiger partial charge is 0.508 e. The van der Waals surface area contributed by atoms with Crippen molar-refractivity contribution in [3.63, 3.8) is 0 Å². The Bertz CT molecular complexity index is 1110. The van der Waals surface area contributed by atoms with Crippen molar-refractivity contribution in [1.29, 1.82) is 5.26 Å². The van der Waals surface area contributed by atoms with Crippen LogP contribution in [0.1, 0.15) is 38.9 Å². The van der Waals surface area contributed by atoms with E-state index in [1.54, 1.807) is 31.2 Å². The molecule has 0 atom stereocenters. The minimum atomic E-state index is -2.42. The van der Waals surface area contributed by atoms with E-state index in [-0.39, 0.29) is 17.9 Å². The van der Waals surface area contributed by atoms with Crippen LogP contribution in [0.2, 0.25) is 0 Å². The highest BCUT2D eigenvalue weighted by Gasteiger charge is 2.15. The fraction of sp³-hybridized carbons (Fsp3) is 0.273. The molecule has 2 aromatic rings. The number of hydrogen-bond acceptors (Lipinski definition) is 7. The number of aromatic hydroxyl groups is 1. The number of carbonyl (C=O) groups excluding carboxylic acids is 2. The molecule has 0 saturated heterocycles. The topological polar surface area (TPSA) is 124 Å². The summed E-state index contributed by atoms with van der Waals surface area (Å²) in [6.07, 6.45) is -0.534. The first-order valence-electron chi connectivity index (χ1n) is 10.6. The first-order chi connectivity index (χ1) is 15.5. The highest BCUT2D eigenvalue weighted by atomic mass is 16.5. The Labute approximate surface area is 179 Å². The molecular formula is C22H24N4O4. The van der Waals surface area contributed by atoms with Gasteiger partial charge in [0.15, 0.2) is 0 Å². The summed E-state index contributed by atoms with van der Waals surface area (Å²) in [6, 6.07) is 9.65. The summed E-state index contributed by atoms with van der Waals surface area (Å²) in [4.78, 5) is 23.3. The van der Waals surface area contributed by atoms with Gasteiger partial charge in [0.05, 0.1) is 12.3 Å². The van der Waals surface area contributed by atoms with Crippen LogP contribution in [0.25, 0.3) is 0 Å². The number of hydrogen-bond donors (Lipinski definition) is 3. The summed E-state index contributed by atoms with van der Waals surface area (Å²) in [5.41, 5.74) is 5.91. The van der Waals surface area contributed by atoms with Crippen molar-refractivity contribution in [3.8, 4) is 11.8 Å². The molecule has 8 heteroatoms. The van der Waals surface area contributed by atoms with Crippen molar-refractivity contribution in [2.75, 3.05) is 12.0 Å². The third-order valence-corrected chi connectivity index (χ3v) is 4.25. The molecule has 0 aromatic heterocycles. The molecule has 30 heavy (non-hydrogen) atoms. The average molecular weight is 411 g/mol. The second-order valence-electron chi connectivity index (χ2n) is 6.48. The van der Waals surface area contributed by atoms with Gasteiger partial charge in [-0.05, 0) is 80.1 Å². The minimum Gasteiger partial charge on any atom is -0.508 e. The monoisotopic (exact) mass is 411 g/mol. The van der Waals surface area contributed by atoms with Gasteiger partial charge in [-0.3, -0.25) is 15.5 Å². The Kier molecular flexibility index (Phi) is 6.11. The SMILES string of the molecule is [2H]C([2H])([2H])c1cc(Cc2c(C)cc(N/N=C(\C#N)C(=O)NC(=O)OCC)cc2C)ccc1O. The molecule has 0 spiro atoms. The zero-order valence-electron chi connectivity index (χ0n) is 19.9. The number of alkyl carbamates (subject to hydrolysis) is 1. The van der Waals surface area contributed by atoms with E-state index in [1.165, 1.54) is 12.1 Å². The van der Waals surface area contributed by atoms with Crippen molar-refractivity contribution in [1.82, 2.24) is 5.32 Å². The number of hydrazone groups is 1. The van der Waals surface area contributed by atoms with Gasteiger partial charge in [0, 0.05) is 4.11 Å². The van der Waals surface area contributed by atoms with E-state index in [0.717, 1.165) is 22.3 Å². The second kappa shape index (κ2) is 10.1. The lowest BCUT2D eigenvalue weighted by atomic mass is 9.94. The number of aryl methyl sites for hydroxylation is 3. The first-order valence-corrected chi connectivity index (χ1v) is 9.10. The summed E-state index contributed by atoms with van der Waals surface area (Å²) in [6.45, 7) is 2.95. The lowest BCUT2D eigenvalue weighted by molar-refractivity contribution is -0.114. The molecule has 0 unspecified atom stereocenters. The van der Waals surface area contributed by atoms with Crippen LogP contribution in [0.5, 0.6) is 5.75 Å². The standard InChI is InChI=1S/C22H24N4O4/c1-5-30-22(29)24-21(28)19(12-23)26-25-17-9-13(2)18(14(3)10-17)11-16-6-7-20(27)15(4)8-16/h6-10,25,27H,5,11H2,1-4H3,(H,24,28,29)/b26-19+/i4D3.